The number of thiazole rings is 3. The highest BCUT2D eigenvalue weighted by Gasteiger charge is 2.47. The van der Waals surface area contributed by atoms with E-state index in [1.54, 1.807) is 64.4 Å². The molecule has 0 amide bonds. The second kappa shape index (κ2) is 37.9. The topological polar surface area (TPSA) is 339 Å². The third-order valence-electron chi connectivity index (χ3n) is 25.4. The van der Waals surface area contributed by atoms with E-state index in [-0.39, 0.29) is 30.5 Å². The van der Waals surface area contributed by atoms with Crippen LogP contribution in [-0.4, -0.2) is 167 Å². The Bertz CT molecular complexity index is 6180. The van der Waals surface area contributed by atoms with Crippen LogP contribution in [0.15, 0.2) is 128 Å². The minimum absolute atomic E-state index is 0.0727. The van der Waals surface area contributed by atoms with Crippen LogP contribution < -0.4 is 19.8 Å². The van der Waals surface area contributed by atoms with Crippen molar-refractivity contribution < 1.29 is 64.1 Å². The van der Waals surface area contributed by atoms with Gasteiger partial charge in [-0.2, -0.15) is 17.7 Å². The number of rotatable bonds is 26. The highest BCUT2D eigenvalue weighted by atomic mass is 35.5. The number of carboxylic acids is 1. The fourth-order valence-electron chi connectivity index (χ4n) is 18.6. The Labute approximate surface area is 781 Å². The zero-order valence-corrected chi connectivity index (χ0v) is 78.7. The Morgan fingerprint density at radius 1 is 0.484 bits per heavy atom. The predicted octanol–water partition coefficient (Wildman–Crippen LogP) is 21.0. The molecular weight excluding hydrogens is 1860 g/mol. The fourth-order valence-corrected chi connectivity index (χ4v) is 24.5. The van der Waals surface area contributed by atoms with Crippen molar-refractivity contribution in [1.29, 1.82) is 0 Å². The fraction of sp³-hybridized carbons (Fsp3) is 0.433. The molecule has 0 radical (unpaired) electrons. The second-order valence-corrected chi connectivity index (χ2v) is 44.0. The summed E-state index contributed by atoms with van der Waals surface area (Å²) in [4.78, 5) is 60.4. The van der Waals surface area contributed by atoms with Crippen LogP contribution in [0, 0.1) is 0 Å². The molecule has 38 heteroatoms. The van der Waals surface area contributed by atoms with Crippen molar-refractivity contribution in [2.24, 2.45) is 10.1 Å². The molecule has 9 fully saturated rings. The molecule has 6 saturated heterocycles. The number of aromatic carboxylic acids is 1. The lowest BCUT2D eigenvalue weighted by Gasteiger charge is -2.38. The number of carbonyl (C=O) groups excluding carboxylic acids is 2. The van der Waals surface area contributed by atoms with Gasteiger partial charge in [0.2, 0.25) is 16.1 Å². The van der Waals surface area contributed by atoms with Crippen LogP contribution in [0.3, 0.4) is 0 Å². The Morgan fingerprint density at radius 2 is 0.812 bits per heavy atom. The van der Waals surface area contributed by atoms with Crippen LogP contribution in [-0.2, 0) is 70.3 Å². The van der Waals surface area contributed by atoms with E-state index in [1.807, 2.05) is 84.9 Å². The number of hydrogen-bond acceptors (Lipinski definition) is 26. The third kappa shape index (κ3) is 19.6. The van der Waals surface area contributed by atoms with Crippen molar-refractivity contribution in [2.45, 2.75) is 214 Å². The van der Waals surface area contributed by atoms with E-state index in [1.165, 1.54) is 28.2 Å². The summed E-state index contributed by atoms with van der Waals surface area (Å²) in [6, 6.07) is 35.0. The number of ketones is 1. The Balaban J connectivity index is 0.000000125. The number of Topliss-reactive ketones (excluding diaryl/α,β-unsaturated/α-hetero) is 1. The van der Waals surface area contributed by atoms with Gasteiger partial charge in [-0.1, -0.05) is 143 Å². The molecule has 3 aliphatic carbocycles. The molecule has 6 bridgehead atoms. The molecule has 0 spiro atoms. The molecule has 21 rings (SSSR count). The summed E-state index contributed by atoms with van der Waals surface area (Å²) in [5.41, 5.74) is 11.4. The van der Waals surface area contributed by atoms with Crippen molar-refractivity contribution >= 4 is 193 Å². The average molecular weight is 1950 g/mol. The molecule has 9 aliphatic rings. The van der Waals surface area contributed by atoms with Gasteiger partial charge >= 0.3 is 5.97 Å². The molecule has 12 heterocycles. The number of halogens is 6. The summed E-state index contributed by atoms with van der Waals surface area (Å²) >= 11 is 44.0. The first-order chi connectivity index (χ1) is 61.6. The van der Waals surface area contributed by atoms with Crippen LogP contribution in [0.25, 0.3) is 64.4 Å². The molecule has 27 nitrogen and oxygen atoms in total. The lowest BCUT2D eigenvalue weighted by molar-refractivity contribution is -0.116. The number of hydrogen-bond donors (Lipinski definition) is 2. The number of carbonyl (C=O) groups is 2. The highest BCUT2D eigenvalue weighted by Crippen LogP contribution is 2.53. The van der Waals surface area contributed by atoms with Gasteiger partial charge in [0, 0.05) is 122 Å². The third-order valence-corrected chi connectivity index (χ3v) is 33.2. The van der Waals surface area contributed by atoms with Crippen LogP contribution in [0.5, 0.6) is 0 Å². The number of piperidine rings is 3. The standard InChI is InChI=1S/C32H34Cl2N4O5S2.C28H24Cl2N4O3S.C28H25Cl2N3O4S.C2H8N2O2S/c1-37(2)45(40,41)17-22(39)12-18-6-11-27-28(13-18)44-32(35-27)38-20-9-10-21(38)15-23(14-20)42-16-24-30(36-43-31(24)19-7-8-19)29-25(33)4-3-5-26(29)34;29-21-2-1-3-22(30)25(21)26-20(27(37-33-26)15-4-5-15)13-36-19-11-17-7-8-18(12-19)34(17)28-32-23-9-6-16(31-14-35)10-24(23)38-28;29-20-2-1-3-21(30)24(20)25-19(26(37-32-25)14-4-5-14)13-36-18-11-16-7-8-17(12-18)33(16)28-31-22-9-6-15(27(34)35)10-23(22)38-28;1-4(2)7(3,5)6/h3-6,11,13,19-21,23H,7-10,12,14-17H2,1-2H3;1-3,6,9-10,15,17-19H,4-5,7-8,11-13H2;1-3,6,9-10,14,16-18H,4-5,7-8,11-13H2,(H,34,35);1-2H3,(H2,3,5,6)/t20-,21?,23?;17-,18?,19?;16-,17?,18?;/m000./s1. The number of ether oxygens (including phenoxy) is 3. The summed E-state index contributed by atoms with van der Waals surface area (Å²) in [5, 5.41) is 33.4. The quantitative estimate of drug-likeness (QED) is 0.0376. The highest BCUT2D eigenvalue weighted by molar-refractivity contribution is 7.89. The number of fused-ring (bicyclic) bond motifs is 9. The number of aromatic nitrogens is 6. The Morgan fingerprint density at radius 3 is 1.13 bits per heavy atom. The minimum Gasteiger partial charge on any atom is -0.478 e. The van der Waals surface area contributed by atoms with E-state index in [4.69, 9.17) is 112 Å². The molecule has 12 aromatic rings. The maximum atomic E-state index is 12.5. The van der Waals surface area contributed by atoms with Gasteiger partial charge in [0.1, 0.15) is 40.1 Å². The van der Waals surface area contributed by atoms with Crippen molar-refractivity contribution in [3.8, 4) is 33.8 Å². The molecule has 6 aromatic carbocycles. The molecule has 3 saturated carbocycles. The maximum absolute atomic E-state index is 12.5. The van der Waals surface area contributed by atoms with Gasteiger partial charge in [0.05, 0.1) is 110 Å². The number of benzene rings is 6. The molecule has 6 aliphatic heterocycles. The van der Waals surface area contributed by atoms with Crippen molar-refractivity contribution in [1.82, 2.24) is 39.0 Å². The first-order valence-electron chi connectivity index (χ1n) is 42.7. The lowest BCUT2D eigenvalue weighted by Crippen LogP contribution is -2.45. The second-order valence-electron chi connectivity index (χ2n) is 34.5. The average Bonchev–Trinajstić information content (AvgIpc) is 1.62. The van der Waals surface area contributed by atoms with Gasteiger partial charge in [-0.05, 0) is 206 Å². The molecule has 6 unspecified atom stereocenters. The summed E-state index contributed by atoms with van der Waals surface area (Å²) in [7, 11) is -1.37. The zero-order chi connectivity index (χ0) is 89.3. The maximum Gasteiger partial charge on any atom is 0.335 e. The molecule has 672 valence electrons. The number of nitrogens with two attached hydrogens (primary N) is 1. The Kier molecular flexibility index (Phi) is 26.8. The van der Waals surface area contributed by atoms with E-state index in [9.17, 15) is 36.3 Å². The van der Waals surface area contributed by atoms with Gasteiger partial charge < -0.3 is 47.6 Å². The van der Waals surface area contributed by atoms with Gasteiger partial charge in [-0.25, -0.2) is 42.4 Å². The van der Waals surface area contributed by atoms with Crippen LogP contribution in [0.4, 0.5) is 21.1 Å². The smallest absolute Gasteiger partial charge is 0.335 e. The Hall–Kier alpha value is -8.06. The van der Waals surface area contributed by atoms with Crippen molar-refractivity contribution in [2.75, 3.05) is 48.6 Å². The van der Waals surface area contributed by atoms with E-state index < -0.39 is 32.0 Å². The van der Waals surface area contributed by atoms with E-state index in [0.29, 0.717) is 149 Å². The molecule has 3 N–H and O–H groups in total. The molecule has 128 heavy (non-hydrogen) atoms. The molecule has 6 aromatic heterocycles. The lowest BCUT2D eigenvalue weighted by atomic mass is 10.00. The number of anilines is 3. The van der Waals surface area contributed by atoms with E-state index in [0.717, 1.165) is 210 Å². The van der Waals surface area contributed by atoms with Crippen molar-refractivity contribution in [3.05, 3.63) is 184 Å². The minimum atomic E-state index is -3.58. The first-order valence-corrected chi connectivity index (χ1v) is 50.5. The SMILES string of the molecule is CN(C)S(=O)(=O)CC(=O)Cc1ccc2nc(N3C4CC[C@H]3CC(OCc3c(-c5c(Cl)cccc5Cl)noc3C3CC3)C4)sc2c1.CN(C)S(N)(=O)=O.O=C(O)c1ccc2nc(N3C4CC[C@H]3CC(OCc3c(-c5c(Cl)cccc5Cl)noc3C3CC3)C4)sc2c1.O=C=Nc1ccc2nc(N3C4CC[C@H]3CC(OCc3c(-c5c(Cl)cccc5Cl)noc3C3CC3)C4)sc2c1. The van der Waals surface area contributed by atoms with Crippen LogP contribution in [0.1, 0.15) is 183 Å². The van der Waals surface area contributed by atoms with Gasteiger partial charge in [-0.15, -0.1) is 0 Å². The predicted molar refractivity (Wildman–Crippen MR) is 500 cm³/mol. The summed E-state index contributed by atoms with van der Waals surface area (Å²) in [6.07, 6.45) is 20.7. The summed E-state index contributed by atoms with van der Waals surface area (Å²) < 4.78 is 86.5. The summed E-state index contributed by atoms with van der Waals surface area (Å²) in [5.74, 6) is 2.09. The van der Waals surface area contributed by atoms with Gasteiger partial charge in [0.25, 0.3) is 10.2 Å². The van der Waals surface area contributed by atoms with Crippen LogP contribution >= 0.6 is 104 Å². The number of sulfonamides is 1. The molecule has 9 atom stereocenters. The number of nitrogens with zero attached hydrogens (tertiary/aromatic N) is 12. The monoisotopic (exact) mass is 1950 g/mol. The normalized spacial score (nSPS) is 21.9. The van der Waals surface area contributed by atoms with E-state index in [2.05, 4.69) is 40.3 Å². The van der Waals surface area contributed by atoms with Crippen molar-refractivity contribution in [3.63, 3.8) is 0 Å². The van der Waals surface area contributed by atoms with Crippen LogP contribution in [0.2, 0.25) is 30.1 Å². The van der Waals surface area contributed by atoms with E-state index >= 15 is 0 Å². The largest absolute Gasteiger partial charge is 0.478 e. The number of aliphatic imine (C=N–C) groups is 1. The number of isocyanates is 1. The first kappa shape index (κ1) is 90.5. The number of carboxylic acid groups (broad SMARTS) is 1. The molecular formula is C90H91Cl6N13O14S5. The van der Waals surface area contributed by atoms with Gasteiger partial charge in [-0.3, -0.25) is 4.79 Å². The van der Waals surface area contributed by atoms with Gasteiger partial charge in [0.15, 0.2) is 21.2 Å². The summed E-state index contributed by atoms with van der Waals surface area (Å²) in [6.45, 7) is 1.24. The zero-order valence-electron chi connectivity index (χ0n) is 70.1.